The molecule has 7 nitrogen and oxygen atoms in total. The lowest BCUT2D eigenvalue weighted by Gasteiger charge is -2.11. The molecule has 0 unspecified atom stereocenters. The summed E-state index contributed by atoms with van der Waals surface area (Å²) in [6.07, 6.45) is -0.0476. The average molecular weight is 344 g/mol. The van der Waals surface area contributed by atoms with E-state index < -0.39 is 11.8 Å². The van der Waals surface area contributed by atoms with Crippen LogP contribution in [0.4, 0.5) is 0 Å². The SMILES string of the molecule is COc1ccc(C(C)=O)cc1CC(=O)NNC(=O)c1cc(C)oc1C. The van der Waals surface area contributed by atoms with Crippen molar-refractivity contribution < 1.29 is 23.5 Å². The number of furan rings is 1. The molecule has 2 aromatic rings. The van der Waals surface area contributed by atoms with E-state index in [-0.39, 0.29) is 12.2 Å². The first-order valence-electron chi connectivity index (χ1n) is 7.66. The normalized spacial score (nSPS) is 10.2. The van der Waals surface area contributed by atoms with Crippen LogP contribution in [0.2, 0.25) is 0 Å². The van der Waals surface area contributed by atoms with E-state index in [1.807, 2.05) is 0 Å². The Hall–Kier alpha value is -3.09. The van der Waals surface area contributed by atoms with Crippen molar-refractivity contribution in [1.82, 2.24) is 10.9 Å². The van der Waals surface area contributed by atoms with Crippen LogP contribution < -0.4 is 15.6 Å². The first-order valence-corrected chi connectivity index (χ1v) is 7.66. The molecular formula is C18H20N2O5. The number of nitrogens with one attached hydrogen (secondary N) is 2. The fourth-order valence-electron chi connectivity index (χ4n) is 2.40. The van der Waals surface area contributed by atoms with Crippen molar-refractivity contribution in [2.24, 2.45) is 0 Å². The van der Waals surface area contributed by atoms with Crippen LogP contribution in [0.5, 0.6) is 5.75 Å². The molecule has 0 saturated heterocycles. The predicted molar refractivity (Wildman–Crippen MR) is 90.5 cm³/mol. The number of ketones is 1. The Kier molecular flexibility index (Phi) is 5.59. The molecule has 0 aliphatic carbocycles. The van der Waals surface area contributed by atoms with E-state index in [9.17, 15) is 14.4 Å². The van der Waals surface area contributed by atoms with E-state index >= 15 is 0 Å². The van der Waals surface area contributed by atoms with Crippen LogP contribution in [-0.4, -0.2) is 24.7 Å². The first kappa shape index (κ1) is 18.3. The summed E-state index contributed by atoms with van der Waals surface area (Å²) in [6.45, 7) is 4.85. The molecule has 0 atom stereocenters. The number of aryl methyl sites for hydroxylation is 2. The van der Waals surface area contributed by atoms with Crippen LogP contribution in [0.1, 0.15) is 44.7 Å². The maximum atomic E-state index is 12.1. The molecule has 2 rings (SSSR count). The highest BCUT2D eigenvalue weighted by Gasteiger charge is 2.15. The van der Waals surface area contributed by atoms with Crippen LogP contribution in [-0.2, 0) is 11.2 Å². The molecule has 0 aliphatic heterocycles. The van der Waals surface area contributed by atoms with Gasteiger partial charge in [-0.05, 0) is 45.0 Å². The summed E-state index contributed by atoms with van der Waals surface area (Å²) < 4.78 is 10.5. The van der Waals surface area contributed by atoms with E-state index in [4.69, 9.17) is 9.15 Å². The van der Waals surface area contributed by atoms with Crippen molar-refractivity contribution in [1.29, 1.82) is 0 Å². The largest absolute Gasteiger partial charge is 0.496 e. The summed E-state index contributed by atoms with van der Waals surface area (Å²) in [4.78, 5) is 35.6. The monoisotopic (exact) mass is 344 g/mol. The van der Waals surface area contributed by atoms with Crippen molar-refractivity contribution in [2.75, 3.05) is 7.11 Å². The molecule has 0 bridgehead atoms. The van der Waals surface area contributed by atoms with Gasteiger partial charge in [0.2, 0.25) is 5.91 Å². The van der Waals surface area contributed by atoms with Crippen molar-refractivity contribution in [3.63, 3.8) is 0 Å². The maximum Gasteiger partial charge on any atom is 0.273 e. The summed E-state index contributed by atoms with van der Waals surface area (Å²) >= 11 is 0. The number of hydrazine groups is 1. The van der Waals surface area contributed by atoms with Gasteiger partial charge in [-0.1, -0.05) is 0 Å². The molecule has 0 radical (unpaired) electrons. The van der Waals surface area contributed by atoms with Crippen molar-refractivity contribution in [3.8, 4) is 5.75 Å². The van der Waals surface area contributed by atoms with E-state index in [2.05, 4.69) is 10.9 Å². The van der Waals surface area contributed by atoms with Gasteiger partial charge in [0, 0.05) is 11.1 Å². The Morgan fingerprint density at radius 1 is 1.12 bits per heavy atom. The molecule has 7 heteroatoms. The van der Waals surface area contributed by atoms with Gasteiger partial charge in [-0.15, -0.1) is 0 Å². The van der Waals surface area contributed by atoms with Gasteiger partial charge in [-0.25, -0.2) is 0 Å². The van der Waals surface area contributed by atoms with Crippen LogP contribution in [0.25, 0.3) is 0 Å². The second-order valence-electron chi connectivity index (χ2n) is 5.59. The second-order valence-corrected chi connectivity index (χ2v) is 5.59. The number of hydrogen-bond acceptors (Lipinski definition) is 5. The summed E-state index contributed by atoms with van der Waals surface area (Å²) in [5.74, 6) is 0.563. The molecule has 0 fully saturated rings. The number of carbonyl (C=O) groups is 3. The topological polar surface area (TPSA) is 97.6 Å². The zero-order valence-electron chi connectivity index (χ0n) is 14.6. The molecule has 2 amide bonds. The summed E-state index contributed by atoms with van der Waals surface area (Å²) in [5.41, 5.74) is 6.08. The Balaban J connectivity index is 2.02. The van der Waals surface area contributed by atoms with Gasteiger partial charge in [0.25, 0.3) is 5.91 Å². The number of amides is 2. The summed E-state index contributed by atoms with van der Waals surface area (Å²) in [5, 5.41) is 0. The predicted octanol–water partition coefficient (Wildman–Crippen LogP) is 2.11. The quantitative estimate of drug-likeness (QED) is 0.639. The lowest BCUT2D eigenvalue weighted by Crippen LogP contribution is -2.42. The fourth-order valence-corrected chi connectivity index (χ4v) is 2.40. The van der Waals surface area contributed by atoms with Gasteiger partial charge in [0.15, 0.2) is 5.78 Å². The van der Waals surface area contributed by atoms with Gasteiger partial charge in [-0.2, -0.15) is 0 Å². The highest BCUT2D eigenvalue weighted by Crippen LogP contribution is 2.21. The lowest BCUT2D eigenvalue weighted by molar-refractivity contribution is -0.121. The van der Waals surface area contributed by atoms with E-state index in [1.54, 1.807) is 38.1 Å². The number of ether oxygens (including phenoxy) is 1. The zero-order valence-corrected chi connectivity index (χ0v) is 14.6. The first-order chi connectivity index (χ1) is 11.8. The number of carbonyl (C=O) groups excluding carboxylic acids is 3. The molecule has 132 valence electrons. The number of hydrogen-bond donors (Lipinski definition) is 2. The Labute approximate surface area is 145 Å². The standard InChI is InChI=1S/C18H20N2O5/c1-10-7-15(12(3)25-10)18(23)20-19-17(22)9-14-8-13(11(2)21)5-6-16(14)24-4/h5-8H,9H2,1-4H3,(H,19,22)(H,20,23). The number of rotatable bonds is 5. The van der Waals surface area contributed by atoms with Crippen molar-refractivity contribution in [2.45, 2.75) is 27.2 Å². The molecular weight excluding hydrogens is 324 g/mol. The molecule has 25 heavy (non-hydrogen) atoms. The van der Waals surface area contributed by atoms with Crippen LogP contribution >= 0.6 is 0 Å². The van der Waals surface area contributed by atoms with Crippen molar-refractivity contribution >= 4 is 17.6 Å². The smallest absolute Gasteiger partial charge is 0.273 e. The third-order valence-corrected chi connectivity index (χ3v) is 3.64. The van der Waals surface area contributed by atoms with Gasteiger partial charge >= 0.3 is 0 Å². The molecule has 2 N–H and O–H groups in total. The molecule has 1 aromatic carbocycles. The molecule has 1 heterocycles. The molecule has 0 saturated carbocycles. The number of benzene rings is 1. The number of Topliss-reactive ketones (excluding diaryl/α,β-unsaturated/α-hetero) is 1. The van der Waals surface area contributed by atoms with Gasteiger partial charge in [0.1, 0.15) is 17.3 Å². The zero-order chi connectivity index (χ0) is 18.6. The molecule has 1 aromatic heterocycles. The minimum absolute atomic E-state index is 0.0476. The second kappa shape index (κ2) is 7.65. The Morgan fingerprint density at radius 2 is 1.84 bits per heavy atom. The highest BCUT2D eigenvalue weighted by atomic mass is 16.5. The average Bonchev–Trinajstić information content (AvgIpc) is 2.91. The van der Waals surface area contributed by atoms with Crippen LogP contribution in [0.15, 0.2) is 28.7 Å². The third kappa shape index (κ3) is 4.47. The minimum Gasteiger partial charge on any atom is -0.496 e. The lowest BCUT2D eigenvalue weighted by atomic mass is 10.0. The van der Waals surface area contributed by atoms with Gasteiger partial charge in [0.05, 0.1) is 19.1 Å². The summed E-state index contributed by atoms with van der Waals surface area (Å²) in [6, 6.07) is 6.46. The van der Waals surface area contributed by atoms with Crippen molar-refractivity contribution in [3.05, 3.63) is 52.5 Å². The van der Waals surface area contributed by atoms with Crippen LogP contribution in [0, 0.1) is 13.8 Å². The minimum atomic E-state index is -0.466. The highest BCUT2D eigenvalue weighted by molar-refractivity contribution is 5.97. The van der Waals surface area contributed by atoms with E-state index in [1.165, 1.54) is 14.0 Å². The summed E-state index contributed by atoms with van der Waals surface area (Å²) in [7, 11) is 1.48. The molecule has 0 aliphatic rings. The molecule has 0 spiro atoms. The van der Waals surface area contributed by atoms with E-state index in [0.717, 1.165) is 0 Å². The van der Waals surface area contributed by atoms with Crippen LogP contribution in [0.3, 0.4) is 0 Å². The van der Waals surface area contributed by atoms with Gasteiger partial charge < -0.3 is 9.15 Å². The maximum absolute atomic E-state index is 12.1. The van der Waals surface area contributed by atoms with Gasteiger partial charge in [-0.3, -0.25) is 25.2 Å². The Bertz CT molecular complexity index is 823. The third-order valence-electron chi connectivity index (χ3n) is 3.64. The van der Waals surface area contributed by atoms with E-state index in [0.29, 0.717) is 34.0 Å². The fraction of sp³-hybridized carbons (Fsp3) is 0.278. The Morgan fingerprint density at radius 3 is 2.40 bits per heavy atom. The number of methoxy groups -OCH3 is 1.